The fourth-order valence-corrected chi connectivity index (χ4v) is 1.75. The zero-order chi connectivity index (χ0) is 14.7. The maximum atomic E-state index is 13.0. The summed E-state index contributed by atoms with van der Waals surface area (Å²) in [4.78, 5) is 23.6. The van der Waals surface area contributed by atoms with E-state index in [9.17, 15) is 19.3 Å². The van der Waals surface area contributed by atoms with Crippen molar-refractivity contribution in [1.82, 2.24) is 15.1 Å². The lowest BCUT2D eigenvalue weighted by molar-refractivity contribution is -0.385. The fourth-order valence-electron chi connectivity index (χ4n) is 1.75. The van der Waals surface area contributed by atoms with E-state index in [4.69, 9.17) is 0 Å². The maximum absolute atomic E-state index is 13.0. The smallest absolute Gasteiger partial charge is 0.285 e. The first-order chi connectivity index (χ1) is 9.49. The van der Waals surface area contributed by atoms with Crippen molar-refractivity contribution in [3.8, 4) is 0 Å². The maximum Gasteiger partial charge on any atom is 0.285 e. The van der Waals surface area contributed by atoms with Crippen molar-refractivity contribution in [1.29, 1.82) is 0 Å². The quantitative estimate of drug-likeness (QED) is 0.681. The van der Waals surface area contributed by atoms with Gasteiger partial charge < -0.3 is 4.90 Å². The summed E-state index contributed by atoms with van der Waals surface area (Å²) in [6, 6.07) is 2.87. The monoisotopic (exact) mass is 278 g/mol. The molecule has 1 N–H and O–H groups in total. The van der Waals surface area contributed by atoms with Crippen molar-refractivity contribution < 1.29 is 14.1 Å². The summed E-state index contributed by atoms with van der Waals surface area (Å²) in [5.41, 5.74) is 0.0575. The lowest BCUT2D eigenvalue weighted by Crippen LogP contribution is -2.26. The van der Waals surface area contributed by atoms with Gasteiger partial charge in [0.25, 0.3) is 11.6 Å². The van der Waals surface area contributed by atoms with Crippen molar-refractivity contribution in [2.24, 2.45) is 0 Å². The third kappa shape index (κ3) is 2.79. The summed E-state index contributed by atoms with van der Waals surface area (Å²) in [5, 5.41) is 17.2. The largest absolute Gasteiger partial charge is 0.337 e. The van der Waals surface area contributed by atoms with Gasteiger partial charge in [0.05, 0.1) is 17.2 Å². The molecule has 8 heteroatoms. The van der Waals surface area contributed by atoms with E-state index in [1.807, 2.05) is 0 Å². The predicted octanol–water partition coefficient (Wildman–Crippen LogP) is 1.73. The van der Waals surface area contributed by atoms with Crippen molar-refractivity contribution in [2.75, 3.05) is 7.05 Å². The molecule has 0 saturated carbocycles. The highest BCUT2D eigenvalue weighted by Gasteiger charge is 2.23. The van der Waals surface area contributed by atoms with Crippen LogP contribution >= 0.6 is 0 Å². The molecule has 0 fully saturated rings. The molecule has 0 saturated heterocycles. The lowest BCUT2D eigenvalue weighted by Gasteiger charge is -2.16. The van der Waals surface area contributed by atoms with Gasteiger partial charge in [-0.1, -0.05) is 0 Å². The number of nitro benzene ring substituents is 1. The van der Waals surface area contributed by atoms with Crippen molar-refractivity contribution in [2.45, 2.75) is 6.54 Å². The summed E-state index contributed by atoms with van der Waals surface area (Å²) in [7, 11) is 1.50. The Morgan fingerprint density at radius 2 is 2.30 bits per heavy atom. The highest BCUT2D eigenvalue weighted by atomic mass is 19.1. The van der Waals surface area contributed by atoms with E-state index in [0.29, 0.717) is 0 Å². The Hall–Kier alpha value is -2.77. The minimum absolute atomic E-state index is 0.151. The standard InChI is InChI=1S/C12H11FN4O3/c1-16(7-8-5-14-15-6-8)12(18)10-3-2-9(13)4-11(10)17(19)20/h2-6H,7H2,1H3,(H,14,15). The summed E-state index contributed by atoms with van der Waals surface area (Å²) in [5.74, 6) is -1.32. The number of hydrogen-bond donors (Lipinski definition) is 1. The second-order valence-corrected chi connectivity index (χ2v) is 4.19. The SMILES string of the molecule is CN(Cc1cn[nH]c1)C(=O)c1ccc(F)cc1[N+](=O)[O-]. The van der Waals surface area contributed by atoms with Crippen LogP contribution in [0.2, 0.25) is 0 Å². The van der Waals surface area contributed by atoms with Gasteiger partial charge in [0.2, 0.25) is 0 Å². The average molecular weight is 278 g/mol. The molecule has 0 spiro atoms. The Morgan fingerprint density at radius 3 is 2.90 bits per heavy atom. The molecule has 0 bridgehead atoms. The number of nitrogens with one attached hydrogen (secondary N) is 1. The van der Waals surface area contributed by atoms with E-state index in [2.05, 4.69) is 10.2 Å². The molecule has 2 aromatic rings. The number of carbonyl (C=O) groups is 1. The van der Waals surface area contributed by atoms with Crippen LogP contribution in [0.15, 0.2) is 30.6 Å². The lowest BCUT2D eigenvalue weighted by atomic mass is 10.1. The molecule has 104 valence electrons. The van der Waals surface area contributed by atoms with Crippen LogP contribution in [0.5, 0.6) is 0 Å². The molecular formula is C12H11FN4O3. The van der Waals surface area contributed by atoms with Gasteiger partial charge in [-0.2, -0.15) is 5.10 Å². The van der Waals surface area contributed by atoms with Crippen LogP contribution in [0.4, 0.5) is 10.1 Å². The molecule has 1 aromatic heterocycles. The number of nitrogens with zero attached hydrogens (tertiary/aromatic N) is 3. The zero-order valence-electron chi connectivity index (χ0n) is 10.5. The number of aromatic amines is 1. The molecule has 0 radical (unpaired) electrons. The first-order valence-corrected chi connectivity index (χ1v) is 5.66. The number of amides is 1. The number of carbonyl (C=O) groups excluding carboxylic acids is 1. The van der Waals surface area contributed by atoms with Crippen LogP contribution in [0.3, 0.4) is 0 Å². The van der Waals surface area contributed by atoms with Crippen LogP contribution in [0, 0.1) is 15.9 Å². The molecule has 0 aliphatic carbocycles. The Kier molecular flexibility index (Phi) is 3.74. The van der Waals surface area contributed by atoms with E-state index in [-0.39, 0.29) is 12.1 Å². The molecule has 1 heterocycles. The number of halogens is 1. The van der Waals surface area contributed by atoms with Crippen LogP contribution in [0.25, 0.3) is 0 Å². The Bertz CT molecular complexity index is 642. The molecule has 1 amide bonds. The van der Waals surface area contributed by atoms with E-state index in [1.165, 1.54) is 11.9 Å². The number of H-pyrrole nitrogens is 1. The van der Waals surface area contributed by atoms with E-state index >= 15 is 0 Å². The average Bonchev–Trinajstić information content (AvgIpc) is 2.90. The number of rotatable bonds is 4. The zero-order valence-corrected chi connectivity index (χ0v) is 10.5. The van der Waals surface area contributed by atoms with Crippen molar-refractivity contribution in [3.63, 3.8) is 0 Å². The van der Waals surface area contributed by atoms with Gasteiger partial charge in [-0.15, -0.1) is 0 Å². The van der Waals surface area contributed by atoms with Crippen molar-refractivity contribution >= 4 is 11.6 Å². The number of aromatic nitrogens is 2. The number of nitro groups is 1. The van der Waals surface area contributed by atoms with E-state index in [0.717, 1.165) is 23.8 Å². The van der Waals surface area contributed by atoms with Crippen LogP contribution in [-0.4, -0.2) is 33.0 Å². The van der Waals surface area contributed by atoms with Crippen molar-refractivity contribution in [3.05, 3.63) is 57.7 Å². The first-order valence-electron chi connectivity index (χ1n) is 5.66. The Labute approximate surface area is 113 Å². The molecular weight excluding hydrogens is 267 g/mol. The topological polar surface area (TPSA) is 92.1 Å². The van der Waals surface area contributed by atoms with Gasteiger partial charge in [0.1, 0.15) is 11.4 Å². The van der Waals surface area contributed by atoms with Gasteiger partial charge in [-0.3, -0.25) is 20.0 Å². The highest BCUT2D eigenvalue weighted by Crippen LogP contribution is 2.21. The fraction of sp³-hybridized carbons (Fsp3) is 0.167. The molecule has 1 aromatic carbocycles. The highest BCUT2D eigenvalue weighted by molar-refractivity contribution is 5.97. The summed E-state index contributed by atoms with van der Waals surface area (Å²) in [6.45, 7) is 0.240. The first kappa shape index (κ1) is 13.7. The van der Waals surface area contributed by atoms with Gasteiger partial charge in [-0.05, 0) is 12.1 Å². The summed E-state index contributed by atoms with van der Waals surface area (Å²) < 4.78 is 13.0. The molecule has 20 heavy (non-hydrogen) atoms. The molecule has 7 nitrogen and oxygen atoms in total. The van der Waals surface area contributed by atoms with Crippen LogP contribution < -0.4 is 0 Å². The minimum Gasteiger partial charge on any atom is -0.337 e. The minimum atomic E-state index is -0.776. The molecule has 0 aliphatic heterocycles. The summed E-state index contributed by atoms with van der Waals surface area (Å²) in [6.07, 6.45) is 3.16. The van der Waals surface area contributed by atoms with Gasteiger partial charge >= 0.3 is 0 Å². The van der Waals surface area contributed by atoms with Gasteiger partial charge in [-0.25, -0.2) is 4.39 Å². The molecule has 0 atom stereocenters. The normalized spacial score (nSPS) is 10.3. The Morgan fingerprint density at radius 1 is 1.55 bits per heavy atom. The van der Waals surface area contributed by atoms with E-state index < -0.39 is 22.3 Å². The molecule has 0 aliphatic rings. The van der Waals surface area contributed by atoms with Gasteiger partial charge in [0, 0.05) is 25.4 Å². The second-order valence-electron chi connectivity index (χ2n) is 4.19. The number of benzene rings is 1. The third-order valence-corrected chi connectivity index (χ3v) is 2.71. The molecule has 0 unspecified atom stereocenters. The Balaban J connectivity index is 2.26. The van der Waals surface area contributed by atoms with Gasteiger partial charge in [0.15, 0.2) is 0 Å². The molecule has 2 rings (SSSR count). The van der Waals surface area contributed by atoms with E-state index in [1.54, 1.807) is 12.4 Å². The van der Waals surface area contributed by atoms with Crippen LogP contribution in [0.1, 0.15) is 15.9 Å². The predicted molar refractivity (Wildman–Crippen MR) is 67.4 cm³/mol. The second kappa shape index (κ2) is 5.47. The summed E-state index contributed by atoms with van der Waals surface area (Å²) >= 11 is 0. The van der Waals surface area contributed by atoms with Crippen LogP contribution in [-0.2, 0) is 6.54 Å². The third-order valence-electron chi connectivity index (χ3n) is 2.71. The number of hydrogen-bond acceptors (Lipinski definition) is 4.